The molecule has 0 radical (unpaired) electrons. The van der Waals surface area contributed by atoms with E-state index in [4.69, 9.17) is 10.8 Å². The summed E-state index contributed by atoms with van der Waals surface area (Å²) in [6.45, 7) is 2.01. The van der Waals surface area contributed by atoms with Crippen molar-refractivity contribution >= 4 is 16.9 Å². The number of aromatic nitrogens is 1. The van der Waals surface area contributed by atoms with Crippen molar-refractivity contribution in [2.45, 2.75) is 32.2 Å². The van der Waals surface area contributed by atoms with E-state index in [-0.39, 0.29) is 6.42 Å². The number of aliphatic carboxylic acids is 1. The highest BCUT2D eigenvalue weighted by molar-refractivity contribution is 5.86. The van der Waals surface area contributed by atoms with Gasteiger partial charge in [0.1, 0.15) is 6.04 Å². The Kier molecular flexibility index (Phi) is 3.76. The zero-order valence-electron chi connectivity index (χ0n) is 10.8. The van der Waals surface area contributed by atoms with Crippen molar-refractivity contribution in [3.8, 4) is 0 Å². The molecule has 4 N–H and O–H groups in total. The van der Waals surface area contributed by atoms with Gasteiger partial charge >= 0.3 is 5.97 Å². The van der Waals surface area contributed by atoms with Gasteiger partial charge in [-0.2, -0.15) is 4.73 Å². The number of nitrogens with two attached hydrogens (primary N) is 1. The van der Waals surface area contributed by atoms with Crippen LogP contribution in [0.4, 0.5) is 0 Å². The van der Waals surface area contributed by atoms with Crippen molar-refractivity contribution in [1.82, 2.24) is 4.73 Å². The average molecular weight is 262 g/mol. The fourth-order valence-corrected chi connectivity index (χ4v) is 2.37. The van der Waals surface area contributed by atoms with Gasteiger partial charge in [-0.25, -0.2) is 0 Å². The van der Waals surface area contributed by atoms with E-state index in [1.807, 2.05) is 31.2 Å². The Morgan fingerprint density at radius 1 is 1.42 bits per heavy atom. The third-order valence-electron chi connectivity index (χ3n) is 3.29. The van der Waals surface area contributed by atoms with Crippen LogP contribution in [-0.4, -0.2) is 27.1 Å². The quantitative estimate of drug-likeness (QED) is 0.717. The second-order valence-corrected chi connectivity index (χ2v) is 4.65. The lowest BCUT2D eigenvalue weighted by Gasteiger charge is -2.08. The average Bonchev–Trinajstić information content (AvgIpc) is 2.65. The third-order valence-corrected chi connectivity index (χ3v) is 3.29. The number of para-hydroxylation sites is 1. The monoisotopic (exact) mass is 262 g/mol. The van der Waals surface area contributed by atoms with Gasteiger partial charge in [-0.3, -0.25) is 4.79 Å². The second kappa shape index (κ2) is 5.32. The molecular weight excluding hydrogens is 244 g/mol. The van der Waals surface area contributed by atoms with Crippen molar-refractivity contribution in [1.29, 1.82) is 0 Å². The molecule has 0 saturated heterocycles. The van der Waals surface area contributed by atoms with Crippen molar-refractivity contribution < 1.29 is 15.1 Å². The molecule has 1 heterocycles. The van der Waals surface area contributed by atoms with Crippen LogP contribution in [0.1, 0.15) is 24.6 Å². The van der Waals surface area contributed by atoms with Crippen LogP contribution in [0.5, 0.6) is 0 Å². The molecule has 0 bridgehead atoms. The molecule has 0 amide bonds. The molecule has 1 aromatic carbocycles. The van der Waals surface area contributed by atoms with Gasteiger partial charge in [-0.15, -0.1) is 0 Å². The predicted octanol–water partition coefficient (Wildman–Crippen LogP) is 1.79. The number of hydrogen-bond acceptors (Lipinski definition) is 3. The summed E-state index contributed by atoms with van der Waals surface area (Å²) in [5, 5.41) is 20.0. The zero-order valence-corrected chi connectivity index (χ0v) is 10.8. The van der Waals surface area contributed by atoms with Crippen LogP contribution in [0.25, 0.3) is 10.9 Å². The summed E-state index contributed by atoms with van der Waals surface area (Å²) >= 11 is 0. The molecule has 1 unspecified atom stereocenters. The second-order valence-electron chi connectivity index (χ2n) is 4.65. The minimum atomic E-state index is -1.03. The molecule has 2 rings (SSSR count). The largest absolute Gasteiger partial charge is 0.480 e. The van der Waals surface area contributed by atoms with Crippen molar-refractivity contribution in [3.63, 3.8) is 0 Å². The first kappa shape index (κ1) is 13.4. The summed E-state index contributed by atoms with van der Waals surface area (Å²) in [4.78, 5) is 10.9. The molecular formula is C14H18N2O3. The number of benzene rings is 1. The molecule has 2 aromatic rings. The molecule has 0 fully saturated rings. The van der Waals surface area contributed by atoms with Crippen LogP contribution >= 0.6 is 0 Å². The van der Waals surface area contributed by atoms with E-state index in [9.17, 15) is 10.0 Å². The SMILES string of the molecule is CCCc1c(CC(N)C(=O)O)c2ccccc2n1O. The highest BCUT2D eigenvalue weighted by Crippen LogP contribution is 2.27. The van der Waals surface area contributed by atoms with Crippen LogP contribution in [0, 0.1) is 0 Å². The number of rotatable bonds is 5. The molecule has 0 aliphatic rings. The highest BCUT2D eigenvalue weighted by atomic mass is 16.5. The van der Waals surface area contributed by atoms with E-state index < -0.39 is 12.0 Å². The predicted molar refractivity (Wildman–Crippen MR) is 72.4 cm³/mol. The highest BCUT2D eigenvalue weighted by Gasteiger charge is 2.21. The Morgan fingerprint density at radius 3 is 2.74 bits per heavy atom. The fourth-order valence-electron chi connectivity index (χ4n) is 2.37. The molecule has 0 spiro atoms. The first-order valence-corrected chi connectivity index (χ1v) is 6.35. The summed E-state index contributed by atoms with van der Waals surface area (Å²) in [6.07, 6.45) is 1.78. The van der Waals surface area contributed by atoms with Crippen LogP contribution < -0.4 is 5.73 Å². The molecule has 1 atom stereocenters. The van der Waals surface area contributed by atoms with Crippen molar-refractivity contribution in [2.24, 2.45) is 5.73 Å². The number of nitrogens with zero attached hydrogens (tertiary/aromatic N) is 1. The molecule has 19 heavy (non-hydrogen) atoms. The lowest BCUT2D eigenvalue weighted by atomic mass is 10.0. The molecule has 5 nitrogen and oxygen atoms in total. The van der Waals surface area contributed by atoms with E-state index in [2.05, 4.69) is 0 Å². The summed E-state index contributed by atoms with van der Waals surface area (Å²) in [6, 6.07) is 6.44. The fraction of sp³-hybridized carbons (Fsp3) is 0.357. The van der Waals surface area contributed by atoms with E-state index in [0.717, 1.165) is 27.8 Å². The first-order valence-electron chi connectivity index (χ1n) is 6.35. The van der Waals surface area contributed by atoms with Gasteiger partial charge in [0.2, 0.25) is 0 Å². The van der Waals surface area contributed by atoms with Gasteiger partial charge in [0, 0.05) is 11.8 Å². The normalized spacial score (nSPS) is 12.7. The number of carboxylic acid groups (broad SMARTS) is 1. The smallest absolute Gasteiger partial charge is 0.320 e. The molecule has 0 aliphatic carbocycles. The maximum Gasteiger partial charge on any atom is 0.320 e. The maximum atomic E-state index is 10.9. The third kappa shape index (κ3) is 2.42. The Balaban J connectivity index is 2.55. The van der Waals surface area contributed by atoms with E-state index in [1.54, 1.807) is 0 Å². The number of hydrogen-bond donors (Lipinski definition) is 3. The van der Waals surface area contributed by atoms with Gasteiger partial charge in [0.25, 0.3) is 0 Å². The van der Waals surface area contributed by atoms with Gasteiger partial charge in [0.15, 0.2) is 0 Å². The van der Waals surface area contributed by atoms with Gasteiger partial charge in [-0.1, -0.05) is 31.5 Å². The van der Waals surface area contributed by atoms with Gasteiger partial charge in [-0.05, 0) is 18.1 Å². The standard InChI is InChI=1S/C14H18N2O3/c1-2-5-12-10(8-11(15)14(17)18)9-6-3-4-7-13(9)16(12)19/h3-4,6-7,11,19H,2,5,8,15H2,1H3,(H,17,18). The number of carbonyl (C=O) groups is 1. The Labute approximate surface area is 111 Å². The molecule has 0 saturated carbocycles. The number of fused-ring (bicyclic) bond motifs is 1. The first-order chi connectivity index (χ1) is 9.06. The van der Waals surface area contributed by atoms with E-state index in [1.165, 1.54) is 0 Å². The van der Waals surface area contributed by atoms with Crippen LogP contribution in [-0.2, 0) is 17.6 Å². The van der Waals surface area contributed by atoms with Gasteiger partial charge < -0.3 is 16.0 Å². The zero-order chi connectivity index (χ0) is 14.0. The van der Waals surface area contributed by atoms with Crippen molar-refractivity contribution in [2.75, 3.05) is 0 Å². The van der Waals surface area contributed by atoms with E-state index >= 15 is 0 Å². The summed E-state index contributed by atoms with van der Waals surface area (Å²) in [5.41, 5.74) is 7.90. The molecule has 0 aliphatic heterocycles. The number of carboxylic acids is 1. The minimum absolute atomic E-state index is 0.221. The topological polar surface area (TPSA) is 88.5 Å². The molecule has 102 valence electrons. The summed E-state index contributed by atoms with van der Waals surface area (Å²) in [7, 11) is 0. The van der Waals surface area contributed by atoms with Crippen LogP contribution in [0.2, 0.25) is 0 Å². The lowest BCUT2D eigenvalue weighted by molar-refractivity contribution is -0.138. The van der Waals surface area contributed by atoms with Crippen LogP contribution in [0.15, 0.2) is 24.3 Å². The van der Waals surface area contributed by atoms with E-state index in [0.29, 0.717) is 11.9 Å². The Hall–Kier alpha value is -2.01. The molecule has 5 heteroatoms. The molecule has 1 aromatic heterocycles. The van der Waals surface area contributed by atoms with Crippen molar-refractivity contribution in [3.05, 3.63) is 35.5 Å². The van der Waals surface area contributed by atoms with Crippen LogP contribution in [0.3, 0.4) is 0 Å². The summed E-state index contributed by atoms with van der Waals surface area (Å²) < 4.78 is 1.16. The van der Waals surface area contributed by atoms with Gasteiger partial charge in [0.05, 0.1) is 11.2 Å². The maximum absolute atomic E-state index is 10.9. The summed E-state index contributed by atoms with van der Waals surface area (Å²) in [5.74, 6) is -1.03. The Bertz CT molecular complexity index is 604. The lowest BCUT2D eigenvalue weighted by Crippen LogP contribution is -2.32. The Morgan fingerprint density at radius 2 is 2.11 bits per heavy atom. The minimum Gasteiger partial charge on any atom is -0.480 e.